The zero-order valence-corrected chi connectivity index (χ0v) is 18.7. The topological polar surface area (TPSA) is 106 Å². The van der Waals surface area contributed by atoms with Crippen molar-refractivity contribution in [1.82, 2.24) is 0 Å². The molecule has 32 heavy (non-hydrogen) atoms. The summed E-state index contributed by atoms with van der Waals surface area (Å²) in [6.45, 7) is 2.71. The number of methoxy groups -OCH3 is 1. The highest BCUT2D eigenvalue weighted by atomic mass is 32.2. The van der Waals surface area contributed by atoms with Crippen LogP contribution >= 0.6 is 0 Å². The Kier molecular flexibility index (Phi) is 6.83. The van der Waals surface area contributed by atoms with E-state index in [2.05, 4.69) is 10.0 Å². The van der Waals surface area contributed by atoms with Gasteiger partial charge in [0.25, 0.3) is 15.9 Å². The summed E-state index contributed by atoms with van der Waals surface area (Å²) in [4.78, 5) is 14.5. The van der Waals surface area contributed by atoms with Crippen molar-refractivity contribution in [3.63, 3.8) is 0 Å². The number of morpholine rings is 1. The molecule has 2 aromatic rings. The molecule has 0 radical (unpaired) electrons. The first-order chi connectivity index (χ1) is 15.5. The van der Waals surface area contributed by atoms with Gasteiger partial charge in [0.05, 0.1) is 31.7 Å². The molecule has 2 aromatic carbocycles. The van der Waals surface area contributed by atoms with Gasteiger partial charge in [-0.2, -0.15) is 0 Å². The third-order valence-electron chi connectivity index (χ3n) is 5.44. The summed E-state index contributed by atoms with van der Waals surface area (Å²) >= 11 is 0. The van der Waals surface area contributed by atoms with E-state index >= 15 is 0 Å². The van der Waals surface area contributed by atoms with Crippen LogP contribution in [0.15, 0.2) is 47.4 Å². The van der Waals surface area contributed by atoms with Crippen LogP contribution < -0.4 is 19.7 Å². The largest absolute Gasteiger partial charge is 0.495 e. The molecule has 172 valence electrons. The first-order valence-corrected chi connectivity index (χ1v) is 12.0. The van der Waals surface area contributed by atoms with Crippen LogP contribution in [0, 0.1) is 0 Å². The van der Waals surface area contributed by atoms with E-state index in [1.807, 2.05) is 4.90 Å². The van der Waals surface area contributed by atoms with Crippen LogP contribution in [-0.4, -0.2) is 60.4 Å². The van der Waals surface area contributed by atoms with Crippen molar-refractivity contribution in [2.24, 2.45) is 0 Å². The Labute approximate surface area is 187 Å². The summed E-state index contributed by atoms with van der Waals surface area (Å²) in [7, 11) is -2.52. The van der Waals surface area contributed by atoms with Crippen LogP contribution in [-0.2, 0) is 24.3 Å². The van der Waals surface area contributed by atoms with Gasteiger partial charge in [-0.1, -0.05) is 12.1 Å². The lowest BCUT2D eigenvalue weighted by atomic mass is 10.2. The van der Waals surface area contributed by atoms with E-state index in [1.165, 1.54) is 13.2 Å². The molecular formula is C22H27N3O6S. The fourth-order valence-electron chi connectivity index (χ4n) is 3.81. The third kappa shape index (κ3) is 4.98. The molecule has 0 spiro atoms. The minimum atomic E-state index is -4.00. The lowest BCUT2D eigenvalue weighted by Gasteiger charge is -2.30. The fourth-order valence-corrected chi connectivity index (χ4v) is 5.13. The quantitative estimate of drug-likeness (QED) is 0.652. The van der Waals surface area contributed by atoms with Gasteiger partial charge in [-0.15, -0.1) is 0 Å². The van der Waals surface area contributed by atoms with Gasteiger partial charge in [-0.25, -0.2) is 8.42 Å². The number of carbonyl (C=O) groups is 1. The molecule has 9 nitrogen and oxygen atoms in total. The molecule has 2 heterocycles. The van der Waals surface area contributed by atoms with Gasteiger partial charge in [0, 0.05) is 25.4 Å². The van der Waals surface area contributed by atoms with Crippen LogP contribution in [0.25, 0.3) is 0 Å². The number of ether oxygens (including phenoxy) is 3. The fraction of sp³-hybridized carbons (Fsp3) is 0.409. The summed E-state index contributed by atoms with van der Waals surface area (Å²) in [6.07, 6.45) is 0.968. The van der Waals surface area contributed by atoms with Gasteiger partial charge in [-0.05, 0) is 43.2 Å². The highest BCUT2D eigenvalue weighted by Crippen LogP contribution is 2.33. The molecule has 10 heteroatoms. The zero-order chi connectivity index (χ0) is 22.6. The second-order valence-electron chi connectivity index (χ2n) is 7.58. The van der Waals surface area contributed by atoms with Crippen LogP contribution in [0.4, 0.5) is 17.1 Å². The van der Waals surface area contributed by atoms with Crippen molar-refractivity contribution in [2.75, 3.05) is 55.0 Å². The van der Waals surface area contributed by atoms with Crippen molar-refractivity contribution in [1.29, 1.82) is 0 Å². The first-order valence-electron chi connectivity index (χ1n) is 10.5. The smallest absolute Gasteiger partial charge is 0.264 e. The molecule has 1 amide bonds. The van der Waals surface area contributed by atoms with E-state index in [0.29, 0.717) is 62.1 Å². The average molecular weight is 462 g/mol. The molecule has 0 aromatic heterocycles. The number of nitrogens with one attached hydrogen (secondary N) is 2. The molecule has 1 atom stereocenters. The summed E-state index contributed by atoms with van der Waals surface area (Å²) in [6, 6.07) is 11.7. The maximum atomic E-state index is 13.5. The second kappa shape index (κ2) is 9.76. The molecule has 4 rings (SSSR count). The molecule has 2 N–H and O–H groups in total. The lowest BCUT2D eigenvalue weighted by Crippen LogP contribution is -2.37. The standard InChI is InChI=1S/C22H27N3O6S/c1-29-19-6-3-2-5-17(19)24-32(27,28)21-15-16(23-22(26)20-7-4-12-31-20)8-9-18(21)25-10-13-30-14-11-25/h2-3,5-6,8-9,15,20,24H,4,7,10-14H2,1H3,(H,23,26). The van der Waals surface area contributed by atoms with Crippen molar-refractivity contribution < 1.29 is 27.4 Å². The van der Waals surface area contributed by atoms with E-state index in [9.17, 15) is 13.2 Å². The Balaban J connectivity index is 1.68. The number of rotatable bonds is 7. The Morgan fingerprint density at radius 1 is 1.12 bits per heavy atom. The number of para-hydroxylation sites is 2. The van der Waals surface area contributed by atoms with Crippen molar-refractivity contribution in [3.8, 4) is 5.75 Å². The molecule has 2 aliphatic heterocycles. The van der Waals surface area contributed by atoms with Crippen molar-refractivity contribution in [2.45, 2.75) is 23.8 Å². The van der Waals surface area contributed by atoms with Crippen molar-refractivity contribution in [3.05, 3.63) is 42.5 Å². The van der Waals surface area contributed by atoms with E-state index in [4.69, 9.17) is 14.2 Å². The Morgan fingerprint density at radius 3 is 2.62 bits per heavy atom. The molecule has 2 saturated heterocycles. The SMILES string of the molecule is COc1ccccc1NS(=O)(=O)c1cc(NC(=O)C2CCCO2)ccc1N1CCOCC1. The van der Waals surface area contributed by atoms with Crippen LogP contribution in [0.3, 0.4) is 0 Å². The molecule has 0 saturated carbocycles. The minimum absolute atomic E-state index is 0.0652. The molecule has 1 unspecified atom stereocenters. The van der Waals surface area contributed by atoms with Gasteiger partial charge < -0.3 is 24.4 Å². The molecule has 0 bridgehead atoms. The van der Waals surface area contributed by atoms with E-state index in [1.54, 1.807) is 36.4 Å². The molecular weight excluding hydrogens is 434 g/mol. The van der Waals surface area contributed by atoms with Gasteiger partial charge in [0.2, 0.25) is 0 Å². The highest BCUT2D eigenvalue weighted by Gasteiger charge is 2.27. The van der Waals surface area contributed by atoms with Gasteiger partial charge in [-0.3, -0.25) is 9.52 Å². The number of anilines is 3. The van der Waals surface area contributed by atoms with E-state index < -0.39 is 16.1 Å². The Morgan fingerprint density at radius 2 is 1.91 bits per heavy atom. The number of amides is 1. The van der Waals surface area contributed by atoms with E-state index in [0.717, 1.165) is 6.42 Å². The molecule has 2 aliphatic rings. The van der Waals surface area contributed by atoms with Crippen LogP contribution in [0.1, 0.15) is 12.8 Å². The normalized spacial score (nSPS) is 18.9. The third-order valence-corrected chi connectivity index (χ3v) is 6.84. The first kappa shape index (κ1) is 22.4. The van der Waals surface area contributed by atoms with Gasteiger partial charge in [0.1, 0.15) is 16.7 Å². The highest BCUT2D eigenvalue weighted by molar-refractivity contribution is 7.93. The summed E-state index contributed by atoms with van der Waals surface area (Å²) in [5, 5.41) is 2.79. The summed E-state index contributed by atoms with van der Waals surface area (Å²) in [5.41, 5.74) is 1.27. The molecule has 0 aliphatic carbocycles. The average Bonchev–Trinajstić information content (AvgIpc) is 3.35. The summed E-state index contributed by atoms with van der Waals surface area (Å²) in [5.74, 6) is 0.134. The maximum Gasteiger partial charge on any atom is 0.264 e. The van der Waals surface area contributed by atoms with E-state index in [-0.39, 0.29) is 10.8 Å². The summed E-state index contributed by atoms with van der Waals surface area (Å²) < 4.78 is 45.7. The van der Waals surface area contributed by atoms with Crippen LogP contribution in [0.2, 0.25) is 0 Å². The monoisotopic (exact) mass is 461 g/mol. The number of hydrogen-bond donors (Lipinski definition) is 2. The number of sulfonamides is 1. The zero-order valence-electron chi connectivity index (χ0n) is 17.9. The number of carbonyl (C=O) groups excluding carboxylic acids is 1. The van der Waals surface area contributed by atoms with Crippen LogP contribution in [0.5, 0.6) is 5.75 Å². The predicted molar refractivity (Wildman–Crippen MR) is 121 cm³/mol. The van der Waals surface area contributed by atoms with Crippen molar-refractivity contribution >= 4 is 33.0 Å². The maximum absolute atomic E-state index is 13.5. The number of nitrogens with zero attached hydrogens (tertiary/aromatic N) is 1. The lowest BCUT2D eigenvalue weighted by molar-refractivity contribution is -0.124. The second-order valence-corrected chi connectivity index (χ2v) is 9.23. The number of benzene rings is 2. The number of hydrogen-bond acceptors (Lipinski definition) is 7. The Bertz CT molecular complexity index is 1060. The minimum Gasteiger partial charge on any atom is -0.495 e. The molecule has 2 fully saturated rings. The Hall–Kier alpha value is -2.82. The van der Waals surface area contributed by atoms with Gasteiger partial charge in [0.15, 0.2) is 0 Å². The predicted octanol–water partition coefficient (Wildman–Crippen LogP) is 2.45. The van der Waals surface area contributed by atoms with Gasteiger partial charge >= 0.3 is 0 Å².